The molecule has 1 aromatic carbocycles. The van der Waals surface area contributed by atoms with Gasteiger partial charge in [0.05, 0.1) is 12.7 Å². The first-order valence-corrected chi connectivity index (χ1v) is 10.5. The highest BCUT2D eigenvalue weighted by molar-refractivity contribution is 6.02. The molecule has 9 heteroatoms. The van der Waals surface area contributed by atoms with Crippen molar-refractivity contribution < 1.29 is 24.1 Å². The highest BCUT2D eigenvalue weighted by Crippen LogP contribution is 2.38. The van der Waals surface area contributed by atoms with Crippen LogP contribution in [0.15, 0.2) is 52.8 Å². The van der Waals surface area contributed by atoms with Gasteiger partial charge in [-0.05, 0) is 50.2 Å². The molecule has 4 rings (SSSR count). The monoisotopic (exact) mass is 440 g/mol. The molecule has 3 N–H and O–H groups in total. The van der Waals surface area contributed by atoms with E-state index in [9.17, 15) is 19.4 Å². The Bertz CT molecular complexity index is 1080. The molecule has 2 aliphatic rings. The minimum absolute atomic E-state index is 0.0100. The van der Waals surface area contributed by atoms with Gasteiger partial charge in [-0.1, -0.05) is 6.42 Å². The summed E-state index contributed by atoms with van der Waals surface area (Å²) in [4.78, 5) is 23.7. The molecule has 0 amide bonds. The third-order valence-corrected chi connectivity index (χ3v) is 5.65. The van der Waals surface area contributed by atoms with Gasteiger partial charge in [0.15, 0.2) is 11.7 Å². The number of nitrogens with one attached hydrogen (secondary N) is 1. The van der Waals surface area contributed by atoms with Crippen molar-refractivity contribution in [3.8, 4) is 11.5 Å². The summed E-state index contributed by atoms with van der Waals surface area (Å²) in [5.41, 5.74) is 1.04. The molecule has 2 aromatic rings. The van der Waals surface area contributed by atoms with Crippen molar-refractivity contribution in [1.82, 2.24) is 15.2 Å². The first-order chi connectivity index (χ1) is 15.5. The lowest BCUT2D eigenvalue weighted by molar-refractivity contribution is -0.136. The Hall–Kier alpha value is -3.46. The van der Waals surface area contributed by atoms with Crippen LogP contribution in [-0.2, 0) is 9.53 Å². The number of halogens is 1. The predicted molar refractivity (Wildman–Crippen MR) is 116 cm³/mol. The molecule has 1 aromatic heterocycles. The highest BCUT2D eigenvalue weighted by Gasteiger charge is 2.35. The summed E-state index contributed by atoms with van der Waals surface area (Å²) in [6, 6.07) is 5.84. The first kappa shape index (κ1) is 21.8. The number of hydrogen-bond donors (Lipinski definition) is 3. The maximum absolute atomic E-state index is 14.6. The zero-order valence-electron chi connectivity index (χ0n) is 17.7. The Balaban J connectivity index is 1.85. The summed E-state index contributed by atoms with van der Waals surface area (Å²) in [6.45, 7) is 2.16. The number of esters is 1. The van der Waals surface area contributed by atoms with E-state index in [0.29, 0.717) is 12.2 Å². The van der Waals surface area contributed by atoms with E-state index in [1.165, 1.54) is 43.6 Å². The van der Waals surface area contributed by atoms with Crippen LogP contribution in [0, 0.1) is 5.82 Å². The molecule has 0 spiro atoms. The maximum Gasteiger partial charge on any atom is 0.338 e. The average Bonchev–Trinajstić information content (AvgIpc) is 2.79. The van der Waals surface area contributed by atoms with Crippen LogP contribution < -0.4 is 5.32 Å². The highest BCUT2D eigenvalue weighted by atomic mass is 19.1. The van der Waals surface area contributed by atoms with E-state index in [2.05, 4.69) is 20.2 Å². The third kappa shape index (κ3) is 4.43. The number of amidine groups is 1. The molecule has 0 aliphatic carbocycles. The van der Waals surface area contributed by atoms with Crippen LogP contribution in [0.1, 0.15) is 36.6 Å². The molecule has 1 unspecified atom stereocenters. The number of piperidine rings is 1. The maximum atomic E-state index is 14.6. The fourth-order valence-corrected chi connectivity index (χ4v) is 4.08. The van der Waals surface area contributed by atoms with E-state index >= 15 is 0 Å². The van der Waals surface area contributed by atoms with Crippen LogP contribution in [0.3, 0.4) is 0 Å². The quantitative estimate of drug-likeness (QED) is 0.614. The summed E-state index contributed by atoms with van der Waals surface area (Å²) in [7, 11) is 1.28. The summed E-state index contributed by atoms with van der Waals surface area (Å²) in [5, 5.41) is 23.3. The number of benzene rings is 1. The zero-order valence-corrected chi connectivity index (χ0v) is 17.7. The topological polar surface area (TPSA) is 107 Å². The lowest BCUT2D eigenvalue weighted by Gasteiger charge is -2.32. The molecular weight excluding hydrogens is 415 g/mol. The second kappa shape index (κ2) is 9.35. The van der Waals surface area contributed by atoms with Crippen molar-refractivity contribution in [2.24, 2.45) is 4.99 Å². The molecule has 2 aliphatic heterocycles. The molecule has 0 saturated carbocycles. The number of nitrogens with zero attached hydrogens (tertiary/aromatic N) is 3. The summed E-state index contributed by atoms with van der Waals surface area (Å²) >= 11 is 0. The van der Waals surface area contributed by atoms with Crippen LogP contribution >= 0.6 is 0 Å². The van der Waals surface area contributed by atoms with Gasteiger partial charge < -0.3 is 20.3 Å². The number of carbonyl (C=O) groups is 1. The van der Waals surface area contributed by atoms with Crippen LogP contribution in [0.25, 0.3) is 0 Å². The molecule has 168 valence electrons. The van der Waals surface area contributed by atoms with Gasteiger partial charge in [0.2, 0.25) is 0 Å². The fourth-order valence-electron chi connectivity index (χ4n) is 4.08. The Morgan fingerprint density at radius 3 is 2.72 bits per heavy atom. The number of methoxy groups -OCH3 is 1. The predicted octanol–water partition coefficient (Wildman–Crippen LogP) is 2.64. The Labute approximate surface area is 185 Å². The number of carbonyl (C=O) groups excluding carboxylic acids is 1. The largest absolute Gasteiger partial charge is 0.508 e. The number of phenolic OH excluding ortho intramolecular Hbond substituents is 2. The minimum Gasteiger partial charge on any atom is -0.508 e. The van der Waals surface area contributed by atoms with Gasteiger partial charge in [-0.25, -0.2) is 14.2 Å². The number of aliphatic imine (C=N–C) groups is 1. The van der Waals surface area contributed by atoms with Crippen molar-refractivity contribution in [1.29, 1.82) is 0 Å². The number of hydrogen-bond acceptors (Lipinski definition) is 8. The van der Waals surface area contributed by atoms with E-state index < -0.39 is 17.8 Å². The fraction of sp³-hybridized carbons (Fsp3) is 0.348. The molecule has 0 radical (unpaired) electrons. The molecule has 1 atom stereocenters. The summed E-state index contributed by atoms with van der Waals surface area (Å²) in [6.07, 6.45) is 4.72. The third-order valence-electron chi connectivity index (χ3n) is 5.65. The summed E-state index contributed by atoms with van der Waals surface area (Å²) in [5.74, 6) is -1.38. The Morgan fingerprint density at radius 1 is 1.25 bits per heavy atom. The van der Waals surface area contributed by atoms with Gasteiger partial charge in [-0.2, -0.15) is 0 Å². The molecule has 0 bridgehead atoms. The summed E-state index contributed by atoms with van der Waals surface area (Å²) < 4.78 is 19.6. The average molecular weight is 440 g/mol. The molecule has 1 fully saturated rings. The van der Waals surface area contributed by atoms with Crippen molar-refractivity contribution in [2.75, 3.05) is 26.7 Å². The lowest BCUT2D eigenvalue weighted by atomic mass is 9.94. The van der Waals surface area contributed by atoms with Gasteiger partial charge in [-0.3, -0.25) is 9.89 Å². The molecule has 32 heavy (non-hydrogen) atoms. The van der Waals surface area contributed by atoms with E-state index in [0.717, 1.165) is 32.4 Å². The van der Waals surface area contributed by atoms with Gasteiger partial charge in [0.1, 0.15) is 23.2 Å². The van der Waals surface area contributed by atoms with Gasteiger partial charge in [0.25, 0.3) is 0 Å². The van der Waals surface area contributed by atoms with Crippen molar-refractivity contribution in [3.63, 3.8) is 0 Å². The zero-order chi connectivity index (χ0) is 22.7. The van der Waals surface area contributed by atoms with Crippen molar-refractivity contribution in [3.05, 3.63) is 64.9 Å². The lowest BCUT2D eigenvalue weighted by Crippen LogP contribution is -2.41. The smallest absolute Gasteiger partial charge is 0.338 e. The van der Waals surface area contributed by atoms with Crippen LogP contribution in [0.5, 0.6) is 11.5 Å². The van der Waals surface area contributed by atoms with Crippen molar-refractivity contribution in [2.45, 2.75) is 25.3 Å². The minimum atomic E-state index is -0.972. The number of likely N-dealkylation sites (tertiary alicyclic amines) is 1. The molecule has 8 nitrogen and oxygen atoms in total. The Kier molecular flexibility index (Phi) is 6.36. The van der Waals surface area contributed by atoms with Crippen LogP contribution in [0.2, 0.25) is 0 Å². The van der Waals surface area contributed by atoms with Crippen LogP contribution in [-0.4, -0.2) is 58.6 Å². The number of ether oxygens (including phenoxy) is 1. The number of pyridine rings is 1. The standard InChI is InChI=1S/C23H25FN4O4/c1-32-23(31)19-17(13-28-10-3-2-4-11-28)26-22(21-16(24)6-5-9-25-21)27-20(19)15-8-7-14(29)12-18(15)30/h5-9,12,20,29-30H,2-4,10-11,13H2,1H3,(H,26,27). The van der Waals surface area contributed by atoms with E-state index in [-0.39, 0.29) is 34.2 Å². The number of phenols is 2. The SMILES string of the molecule is COC(=O)C1=C(CN2CCCCC2)NC(c2ncccc2F)=NC1c1ccc(O)cc1O. The molecular formula is C23H25FN4O4. The first-order valence-electron chi connectivity index (χ1n) is 10.5. The van der Waals surface area contributed by atoms with Gasteiger partial charge in [-0.15, -0.1) is 0 Å². The second-order valence-corrected chi connectivity index (χ2v) is 7.80. The molecule has 3 heterocycles. The normalized spacial score (nSPS) is 19.3. The second-order valence-electron chi connectivity index (χ2n) is 7.80. The number of aromatic nitrogens is 1. The van der Waals surface area contributed by atoms with Gasteiger partial charge in [0, 0.05) is 30.1 Å². The van der Waals surface area contributed by atoms with Crippen LogP contribution in [0.4, 0.5) is 4.39 Å². The number of rotatable bonds is 5. The van der Waals surface area contributed by atoms with Crippen molar-refractivity contribution >= 4 is 11.8 Å². The number of aromatic hydroxyl groups is 2. The van der Waals surface area contributed by atoms with E-state index in [1.54, 1.807) is 0 Å². The molecule has 1 saturated heterocycles. The van der Waals surface area contributed by atoms with E-state index in [1.807, 2.05) is 0 Å². The van der Waals surface area contributed by atoms with E-state index in [4.69, 9.17) is 4.74 Å². The van der Waals surface area contributed by atoms with Gasteiger partial charge >= 0.3 is 5.97 Å². The Morgan fingerprint density at radius 2 is 2.03 bits per heavy atom.